The first kappa shape index (κ1) is 16.9. The van der Waals surface area contributed by atoms with Crippen molar-refractivity contribution in [2.45, 2.75) is 13.5 Å². The minimum atomic E-state index is 0.504. The van der Waals surface area contributed by atoms with Crippen molar-refractivity contribution >= 4 is 28.1 Å². The Bertz CT molecular complexity index is 1130. The fourth-order valence-corrected chi connectivity index (χ4v) is 3.50. The molecule has 0 saturated carbocycles. The quantitative estimate of drug-likeness (QED) is 0.493. The average molecular weight is 427 g/mol. The number of benzene rings is 2. The van der Waals surface area contributed by atoms with Crippen LogP contribution in [0, 0.1) is 11.6 Å². The van der Waals surface area contributed by atoms with E-state index < -0.39 is 0 Å². The summed E-state index contributed by atoms with van der Waals surface area (Å²) in [4.78, 5) is 1.58. The van der Waals surface area contributed by atoms with E-state index in [1.807, 2.05) is 41.1 Å². The number of tetrazole rings is 1. The van der Waals surface area contributed by atoms with E-state index in [0.29, 0.717) is 17.0 Å². The second-order valence-electron chi connectivity index (χ2n) is 5.91. The van der Waals surface area contributed by atoms with Gasteiger partial charge in [0.05, 0.1) is 17.8 Å². The van der Waals surface area contributed by atoms with Gasteiger partial charge in [0.2, 0.25) is 5.82 Å². The van der Waals surface area contributed by atoms with Gasteiger partial charge in [-0.15, -0.1) is 10.2 Å². The van der Waals surface area contributed by atoms with Crippen LogP contribution in [0.15, 0.2) is 59.2 Å². The fraction of sp³-hybridized carbons (Fsp3) is 0.111. The molecule has 4 rings (SSSR count). The van der Waals surface area contributed by atoms with Crippen molar-refractivity contribution in [1.82, 2.24) is 30.0 Å². The third-order valence-electron chi connectivity index (χ3n) is 3.97. The van der Waals surface area contributed by atoms with Crippen LogP contribution in [-0.2, 0) is 6.54 Å². The molecule has 0 amide bonds. The Kier molecular flexibility index (Phi) is 4.52. The van der Waals surface area contributed by atoms with Gasteiger partial charge in [0.1, 0.15) is 4.64 Å². The molecule has 130 valence electrons. The summed E-state index contributed by atoms with van der Waals surface area (Å²) in [5.74, 6) is 0.504. The number of aromatic amines is 1. The minimum Gasteiger partial charge on any atom is -0.299 e. The number of H-pyrrole nitrogens is 1. The van der Waals surface area contributed by atoms with Gasteiger partial charge in [-0.1, -0.05) is 54.2 Å². The molecule has 8 heteroatoms. The van der Waals surface area contributed by atoms with Crippen molar-refractivity contribution in [2.75, 3.05) is 0 Å². The monoisotopic (exact) mass is 426 g/mol. The van der Waals surface area contributed by atoms with E-state index in [0.717, 1.165) is 21.3 Å². The molecule has 2 heterocycles. The molecule has 0 aliphatic rings. The lowest BCUT2D eigenvalue weighted by atomic mass is 10.1. The lowest BCUT2D eigenvalue weighted by Crippen LogP contribution is -2.04. The van der Waals surface area contributed by atoms with Crippen molar-refractivity contribution in [3.8, 4) is 17.1 Å². The van der Waals surface area contributed by atoms with E-state index in [2.05, 4.69) is 55.5 Å². The predicted molar refractivity (Wildman–Crippen MR) is 106 cm³/mol. The maximum atomic E-state index is 5.60. The second kappa shape index (κ2) is 6.97. The van der Waals surface area contributed by atoms with Crippen LogP contribution in [0.1, 0.15) is 11.1 Å². The number of rotatable bonds is 4. The summed E-state index contributed by atoms with van der Waals surface area (Å²) in [5.41, 5.74) is 4.00. The van der Waals surface area contributed by atoms with Gasteiger partial charge >= 0.3 is 0 Å². The fourth-order valence-electron chi connectivity index (χ4n) is 2.73. The van der Waals surface area contributed by atoms with Crippen LogP contribution in [0.4, 0.5) is 0 Å². The number of halogens is 1. The van der Waals surface area contributed by atoms with Crippen molar-refractivity contribution in [3.05, 3.63) is 75.0 Å². The first-order chi connectivity index (χ1) is 12.6. The summed E-state index contributed by atoms with van der Waals surface area (Å²) in [6.45, 7) is 2.63. The van der Waals surface area contributed by atoms with Gasteiger partial charge in [0.15, 0.2) is 0 Å². The molecule has 0 aliphatic carbocycles. The molecule has 0 fully saturated rings. The van der Waals surface area contributed by atoms with E-state index in [1.54, 1.807) is 11.0 Å². The number of para-hydroxylation sites is 1. The van der Waals surface area contributed by atoms with E-state index in [-0.39, 0.29) is 0 Å². The molecule has 0 atom stereocenters. The van der Waals surface area contributed by atoms with Gasteiger partial charge < -0.3 is 0 Å². The molecule has 2 aromatic carbocycles. The van der Waals surface area contributed by atoms with Crippen molar-refractivity contribution in [1.29, 1.82) is 0 Å². The zero-order chi connectivity index (χ0) is 18.1. The summed E-state index contributed by atoms with van der Waals surface area (Å²) >= 11 is 9.14. The Morgan fingerprint density at radius 1 is 1.15 bits per heavy atom. The van der Waals surface area contributed by atoms with Crippen LogP contribution in [0.25, 0.3) is 17.1 Å². The normalized spacial score (nSPS) is 11.0. The molecular formula is C18H15BrN6S. The second-order valence-corrected chi connectivity index (χ2v) is 7.15. The Morgan fingerprint density at radius 3 is 2.81 bits per heavy atom. The summed E-state index contributed by atoms with van der Waals surface area (Å²) in [6.07, 6.45) is 1.80. The lowest BCUT2D eigenvalue weighted by molar-refractivity contribution is 0.572. The smallest absolute Gasteiger partial charge is 0.209 e. The Labute approximate surface area is 163 Å². The van der Waals surface area contributed by atoms with Crippen LogP contribution < -0.4 is 0 Å². The van der Waals surface area contributed by atoms with Crippen molar-refractivity contribution < 1.29 is 0 Å². The highest BCUT2D eigenvalue weighted by Crippen LogP contribution is 2.23. The Hall–Kier alpha value is -2.58. The topological polar surface area (TPSA) is 64.3 Å². The van der Waals surface area contributed by atoms with Gasteiger partial charge in [-0.3, -0.25) is 5.10 Å². The number of hydrogen-bond donors (Lipinski definition) is 1. The molecule has 0 aliphatic heterocycles. The first-order valence-electron chi connectivity index (χ1n) is 8.01. The zero-order valence-electron chi connectivity index (χ0n) is 13.9. The standard InChI is InChI=1S/C18H15BrN6S/c1-12-5-4-6-13(9-12)11-24-22-17(21-23-24)14-10-20-25(18(14)26)16-8-3-2-7-15(16)19/h2-10,20H,11H2,1H3. The molecule has 4 aromatic rings. The third-order valence-corrected chi connectivity index (χ3v) is 5.04. The van der Waals surface area contributed by atoms with E-state index in [9.17, 15) is 0 Å². The number of aryl methyl sites for hydroxylation is 1. The largest absolute Gasteiger partial charge is 0.299 e. The Balaban J connectivity index is 1.65. The first-order valence-corrected chi connectivity index (χ1v) is 9.21. The molecule has 6 nitrogen and oxygen atoms in total. The lowest BCUT2D eigenvalue weighted by Gasteiger charge is -2.04. The SMILES string of the molecule is Cc1cccc(Cn2nnc(-c3c[nH]n(-c4ccccc4Br)c3=S)n2)c1. The number of aromatic nitrogens is 6. The minimum absolute atomic E-state index is 0.504. The van der Waals surface area contributed by atoms with Crippen LogP contribution in [0.3, 0.4) is 0 Å². The highest BCUT2D eigenvalue weighted by Gasteiger charge is 2.13. The maximum Gasteiger partial charge on any atom is 0.209 e. The summed E-state index contributed by atoms with van der Waals surface area (Å²) in [7, 11) is 0. The molecule has 0 saturated heterocycles. The molecule has 0 unspecified atom stereocenters. The number of nitrogens with zero attached hydrogens (tertiary/aromatic N) is 5. The summed E-state index contributed by atoms with van der Waals surface area (Å²) in [6, 6.07) is 16.1. The predicted octanol–water partition coefficient (Wildman–Crippen LogP) is 4.31. The van der Waals surface area contributed by atoms with Crippen LogP contribution in [-0.4, -0.2) is 30.0 Å². The summed E-state index contributed by atoms with van der Waals surface area (Å²) < 4.78 is 3.36. The van der Waals surface area contributed by atoms with Gasteiger partial charge in [0, 0.05) is 10.7 Å². The van der Waals surface area contributed by atoms with Gasteiger partial charge in [-0.2, -0.15) is 4.80 Å². The van der Waals surface area contributed by atoms with Gasteiger partial charge in [0.25, 0.3) is 0 Å². The van der Waals surface area contributed by atoms with Crippen LogP contribution in [0.2, 0.25) is 0 Å². The zero-order valence-corrected chi connectivity index (χ0v) is 16.3. The molecular weight excluding hydrogens is 412 g/mol. The molecule has 0 radical (unpaired) electrons. The molecule has 26 heavy (non-hydrogen) atoms. The van der Waals surface area contributed by atoms with E-state index >= 15 is 0 Å². The van der Waals surface area contributed by atoms with Crippen LogP contribution >= 0.6 is 28.1 Å². The van der Waals surface area contributed by atoms with Gasteiger partial charge in [-0.05, 0) is 45.8 Å². The molecule has 1 N–H and O–H groups in total. The Morgan fingerprint density at radius 2 is 2.00 bits per heavy atom. The number of hydrogen-bond acceptors (Lipinski definition) is 4. The average Bonchev–Trinajstić information content (AvgIpc) is 3.22. The number of nitrogens with one attached hydrogen (secondary N) is 1. The van der Waals surface area contributed by atoms with E-state index in [1.165, 1.54) is 5.56 Å². The van der Waals surface area contributed by atoms with Crippen LogP contribution in [0.5, 0.6) is 0 Å². The van der Waals surface area contributed by atoms with E-state index in [4.69, 9.17) is 12.2 Å². The maximum absolute atomic E-state index is 5.60. The summed E-state index contributed by atoms with van der Waals surface area (Å²) in [5, 5.41) is 16.0. The molecule has 2 aromatic heterocycles. The highest BCUT2D eigenvalue weighted by atomic mass is 79.9. The molecule has 0 spiro atoms. The highest BCUT2D eigenvalue weighted by molar-refractivity contribution is 9.10. The molecule has 0 bridgehead atoms. The van der Waals surface area contributed by atoms with Crippen molar-refractivity contribution in [3.63, 3.8) is 0 Å². The third kappa shape index (κ3) is 3.25. The van der Waals surface area contributed by atoms with Crippen molar-refractivity contribution in [2.24, 2.45) is 0 Å². The van der Waals surface area contributed by atoms with Gasteiger partial charge in [-0.25, -0.2) is 4.68 Å².